The molecule has 0 aromatic heterocycles. The largest absolute Gasteiger partial charge is 0.483 e. The molecule has 6 nitrogen and oxygen atoms in total. The number of hydrogen-bond acceptors (Lipinski definition) is 6. The molecule has 1 fully saturated rings. The van der Waals surface area contributed by atoms with Crippen molar-refractivity contribution in [2.24, 2.45) is 0 Å². The molecule has 0 atom stereocenters. The first-order chi connectivity index (χ1) is 21.2. The Labute approximate surface area is 266 Å². The molecule has 0 spiro atoms. The van der Waals surface area contributed by atoms with Crippen LogP contribution in [0, 0.1) is 0 Å². The molecule has 0 radical (unpaired) electrons. The molecule has 0 saturated carbocycles. The summed E-state index contributed by atoms with van der Waals surface area (Å²) < 4.78 is 9.10. The molecule has 3 aromatic carbocycles. The van der Waals surface area contributed by atoms with Crippen molar-refractivity contribution in [1.29, 1.82) is 0 Å². The molecule has 43 heavy (non-hydrogen) atoms. The van der Waals surface area contributed by atoms with E-state index >= 15 is 0 Å². The van der Waals surface area contributed by atoms with E-state index in [1.807, 2.05) is 71.9 Å². The van der Waals surface area contributed by atoms with E-state index in [9.17, 15) is 4.79 Å². The third kappa shape index (κ3) is 14.2. The van der Waals surface area contributed by atoms with Gasteiger partial charge in [0, 0.05) is 30.6 Å². The van der Waals surface area contributed by atoms with Crippen LogP contribution >= 0.6 is 11.9 Å². The second kappa shape index (κ2) is 24.3. The second-order valence-corrected chi connectivity index (χ2v) is 10.1. The summed E-state index contributed by atoms with van der Waals surface area (Å²) in [6.07, 6.45) is 6.00. The number of likely N-dealkylation sites (N-methyl/N-ethyl adjacent to an activating group) is 1. The summed E-state index contributed by atoms with van der Waals surface area (Å²) in [5.41, 5.74) is 4.70. The molecule has 2 aliphatic rings. The Hall–Kier alpha value is -3.16. The first-order valence-corrected chi connectivity index (χ1v) is 17.0. The molecular formula is C36H56N4O2S. The zero-order valence-electron chi connectivity index (χ0n) is 27.7. The second-order valence-electron chi connectivity index (χ2n) is 9.26. The Morgan fingerprint density at radius 3 is 2.12 bits per heavy atom. The van der Waals surface area contributed by atoms with Gasteiger partial charge in [-0.25, -0.2) is 0 Å². The molecule has 238 valence electrons. The van der Waals surface area contributed by atoms with E-state index in [-0.39, 0.29) is 12.5 Å². The van der Waals surface area contributed by atoms with Gasteiger partial charge in [-0.1, -0.05) is 90.1 Å². The van der Waals surface area contributed by atoms with Crippen LogP contribution in [0.4, 0.5) is 11.4 Å². The molecule has 0 bridgehead atoms. The number of nitrogens with one attached hydrogen (secondary N) is 3. The molecule has 1 amide bonds. The number of benzene rings is 3. The fourth-order valence-corrected chi connectivity index (χ4v) is 5.22. The standard InChI is InChI=1S/C18H21N3O2S.C12H17N.3C2H6/c1-19-17(22)12-23-16-10-9-15(18-14(16)8-5-11-20-18)21-24-13-6-3-2-4-7-13;1-2-6-12(7-3-1)8-11-13-9-4-5-10-13;3*1-2/h2-4,6-7,9-10,20-21H,5,8,11-12H2,1H3,(H,19,22);1-3,6-7H,4-5,8-11H2;3*1-2H3. The van der Waals surface area contributed by atoms with Crippen LogP contribution in [0.25, 0.3) is 0 Å². The van der Waals surface area contributed by atoms with Crippen LogP contribution in [0.2, 0.25) is 0 Å². The molecule has 0 unspecified atom stereocenters. The summed E-state index contributed by atoms with van der Waals surface area (Å²) in [6, 6.07) is 24.9. The van der Waals surface area contributed by atoms with Gasteiger partial charge in [-0.05, 0) is 87.0 Å². The van der Waals surface area contributed by atoms with Gasteiger partial charge >= 0.3 is 0 Å². The smallest absolute Gasteiger partial charge is 0.257 e. The minimum absolute atomic E-state index is 0.0362. The van der Waals surface area contributed by atoms with Gasteiger partial charge in [0.2, 0.25) is 0 Å². The first kappa shape index (κ1) is 37.9. The van der Waals surface area contributed by atoms with Crippen LogP contribution in [-0.2, 0) is 17.6 Å². The van der Waals surface area contributed by atoms with Gasteiger partial charge in [-0.2, -0.15) is 0 Å². The normalized spacial score (nSPS) is 12.9. The summed E-state index contributed by atoms with van der Waals surface area (Å²) in [5, 5.41) is 6.02. The van der Waals surface area contributed by atoms with Crippen LogP contribution in [-0.4, -0.2) is 50.6 Å². The van der Waals surface area contributed by atoms with E-state index in [1.54, 1.807) is 19.0 Å². The van der Waals surface area contributed by atoms with Crippen LogP contribution in [0.3, 0.4) is 0 Å². The number of carbonyl (C=O) groups is 1. The van der Waals surface area contributed by atoms with E-state index < -0.39 is 0 Å². The molecule has 1 saturated heterocycles. The van der Waals surface area contributed by atoms with Gasteiger partial charge in [0.1, 0.15) is 5.75 Å². The van der Waals surface area contributed by atoms with Crippen molar-refractivity contribution in [3.8, 4) is 5.75 Å². The zero-order chi connectivity index (χ0) is 31.7. The molecule has 2 aliphatic heterocycles. The number of hydrogen-bond donors (Lipinski definition) is 3. The molecule has 0 aliphatic carbocycles. The predicted octanol–water partition coefficient (Wildman–Crippen LogP) is 8.69. The van der Waals surface area contributed by atoms with Crippen LogP contribution in [0.15, 0.2) is 77.7 Å². The van der Waals surface area contributed by atoms with Crippen molar-refractivity contribution in [3.63, 3.8) is 0 Å². The number of rotatable bonds is 9. The van der Waals surface area contributed by atoms with E-state index in [2.05, 4.69) is 62.7 Å². The number of nitrogens with zero attached hydrogens (tertiary/aromatic N) is 1. The highest BCUT2D eigenvalue weighted by molar-refractivity contribution is 8.00. The first-order valence-electron chi connectivity index (χ1n) is 16.2. The molecule has 3 N–H and O–H groups in total. The average Bonchev–Trinajstić information content (AvgIpc) is 3.63. The maximum Gasteiger partial charge on any atom is 0.257 e. The Morgan fingerprint density at radius 1 is 0.860 bits per heavy atom. The van der Waals surface area contributed by atoms with E-state index in [0.717, 1.165) is 47.0 Å². The van der Waals surface area contributed by atoms with Gasteiger partial charge in [0.25, 0.3) is 5.91 Å². The zero-order valence-corrected chi connectivity index (χ0v) is 28.5. The molecule has 5 rings (SSSR count). The molecule has 3 aromatic rings. The van der Waals surface area contributed by atoms with Crippen LogP contribution < -0.4 is 20.1 Å². The lowest BCUT2D eigenvalue weighted by Gasteiger charge is -2.24. The highest BCUT2D eigenvalue weighted by Gasteiger charge is 2.18. The number of fused-ring (bicyclic) bond motifs is 1. The summed E-state index contributed by atoms with van der Waals surface area (Å²) in [4.78, 5) is 15.1. The highest BCUT2D eigenvalue weighted by Crippen LogP contribution is 2.38. The Morgan fingerprint density at radius 2 is 1.49 bits per heavy atom. The summed E-state index contributed by atoms with van der Waals surface area (Å²) in [5.74, 6) is 0.644. The van der Waals surface area contributed by atoms with Gasteiger partial charge in [-0.3, -0.25) is 4.79 Å². The van der Waals surface area contributed by atoms with Crippen molar-refractivity contribution in [1.82, 2.24) is 10.2 Å². The third-order valence-corrected chi connectivity index (χ3v) is 7.42. The summed E-state index contributed by atoms with van der Waals surface area (Å²) in [7, 11) is 1.61. The lowest BCUT2D eigenvalue weighted by molar-refractivity contribution is -0.122. The molecule has 2 heterocycles. The van der Waals surface area contributed by atoms with Gasteiger partial charge in [-0.15, -0.1) is 0 Å². The van der Waals surface area contributed by atoms with Crippen LogP contribution in [0.1, 0.15) is 71.9 Å². The van der Waals surface area contributed by atoms with Crippen LogP contribution in [0.5, 0.6) is 5.75 Å². The monoisotopic (exact) mass is 608 g/mol. The van der Waals surface area contributed by atoms with E-state index in [4.69, 9.17) is 4.74 Å². The van der Waals surface area contributed by atoms with E-state index in [0.29, 0.717) is 0 Å². The number of carbonyl (C=O) groups excluding carboxylic acids is 1. The minimum Gasteiger partial charge on any atom is -0.483 e. The van der Waals surface area contributed by atoms with Crippen molar-refractivity contribution in [2.45, 2.75) is 78.5 Å². The minimum atomic E-state index is -0.130. The fourth-order valence-electron chi connectivity index (χ4n) is 4.53. The Balaban J connectivity index is 0.000000410. The SMILES string of the molecule is CC.CC.CC.CNC(=O)COc1ccc(NSc2ccccc2)c2c1CCCN2.c1ccc(CCN2CCCC2)cc1. The topological polar surface area (TPSA) is 65.6 Å². The number of amides is 1. The lowest BCUT2D eigenvalue weighted by Crippen LogP contribution is -2.25. The Bertz CT molecular complexity index is 1110. The van der Waals surface area contributed by atoms with Crippen molar-refractivity contribution >= 4 is 29.2 Å². The predicted molar refractivity (Wildman–Crippen MR) is 189 cm³/mol. The number of anilines is 2. The van der Waals surface area contributed by atoms with Gasteiger partial charge in [0.05, 0.1) is 11.4 Å². The number of likely N-dealkylation sites (tertiary alicyclic amines) is 1. The fraction of sp³-hybridized carbons (Fsp3) is 0.472. The molecular weight excluding hydrogens is 552 g/mol. The number of ether oxygens (including phenoxy) is 1. The van der Waals surface area contributed by atoms with Crippen molar-refractivity contribution < 1.29 is 9.53 Å². The van der Waals surface area contributed by atoms with E-state index in [1.165, 1.54) is 44.5 Å². The maximum absolute atomic E-state index is 11.4. The highest BCUT2D eigenvalue weighted by atomic mass is 32.2. The molecule has 7 heteroatoms. The van der Waals surface area contributed by atoms with Gasteiger partial charge < -0.3 is 25.0 Å². The quantitative estimate of drug-likeness (QED) is 0.211. The Kier molecular flexibility index (Phi) is 21.4. The summed E-state index contributed by atoms with van der Waals surface area (Å²) in [6.45, 7) is 16.8. The lowest BCUT2D eigenvalue weighted by atomic mass is 10.0. The summed E-state index contributed by atoms with van der Waals surface area (Å²) >= 11 is 1.58. The third-order valence-electron chi connectivity index (χ3n) is 6.59. The van der Waals surface area contributed by atoms with Crippen molar-refractivity contribution in [3.05, 3.63) is 83.9 Å². The van der Waals surface area contributed by atoms with Crippen molar-refractivity contribution in [2.75, 3.05) is 49.9 Å². The average molecular weight is 609 g/mol. The van der Waals surface area contributed by atoms with Gasteiger partial charge in [0.15, 0.2) is 6.61 Å². The maximum atomic E-state index is 11.4.